The van der Waals surface area contributed by atoms with E-state index in [2.05, 4.69) is 358 Å². The molecule has 20 rings (SSSR count). The van der Waals surface area contributed by atoms with Crippen LogP contribution in [-0.2, 0) is 0 Å². The third-order valence-electron chi connectivity index (χ3n) is 19.5. The summed E-state index contributed by atoms with van der Waals surface area (Å²) in [5, 5.41) is 12.4. The highest BCUT2D eigenvalue weighted by molar-refractivity contribution is 6.15. The molecule has 0 saturated carbocycles. The lowest BCUT2D eigenvalue weighted by Gasteiger charge is -2.10. The summed E-state index contributed by atoms with van der Waals surface area (Å²) in [6, 6.07) is 127. The van der Waals surface area contributed by atoms with E-state index in [1.54, 1.807) is 0 Å². The summed E-state index contributed by atoms with van der Waals surface area (Å²) in [5.74, 6) is 0. The minimum absolute atomic E-state index is 0.917. The highest BCUT2D eigenvalue weighted by Crippen LogP contribution is 2.43. The number of rotatable bonds is 8. The molecule has 0 atom stereocenters. The molecule has 0 bridgehead atoms. The summed E-state index contributed by atoms with van der Waals surface area (Å²) in [6.45, 7) is 0. The van der Waals surface area contributed by atoms with E-state index < -0.39 is 0 Å². The maximum Gasteiger partial charge on any atom is 0.143 e. The largest absolute Gasteiger partial charge is 0.455 e. The van der Waals surface area contributed by atoms with Crippen molar-refractivity contribution in [1.29, 1.82) is 0 Å². The van der Waals surface area contributed by atoms with E-state index in [1.165, 1.54) is 138 Å². The average molecular weight is 1210 g/mol. The first kappa shape index (κ1) is 54.1. The lowest BCUT2D eigenvalue weighted by molar-refractivity contribution is 0.670. The Balaban J connectivity index is 0.000000136. The fourth-order valence-electron chi connectivity index (χ4n) is 15.1. The Hall–Kier alpha value is -12.7. The third-order valence-corrected chi connectivity index (χ3v) is 19.5. The predicted octanol–water partition coefficient (Wildman–Crippen LogP) is 24.3. The molecule has 0 aliphatic heterocycles. The van der Waals surface area contributed by atoms with E-state index in [0.717, 1.165) is 38.8 Å². The van der Waals surface area contributed by atoms with Gasteiger partial charge in [-0.15, -0.1) is 0 Å². The predicted molar refractivity (Wildman–Crippen MR) is 399 cm³/mol. The summed E-state index contributed by atoms with van der Waals surface area (Å²) in [7, 11) is 0. The van der Waals surface area contributed by atoms with Crippen molar-refractivity contribution in [3.63, 3.8) is 0 Å². The molecule has 5 heteroatoms. The molecule has 0 saturated heterocycles. The van der Waals surface area contributed by atoms with Crippen LogP contribution in [0.5, 0.6) is 0 Å². The van der Waals surface area contributed by atoms with E-state index >= 15 is 0 Å². The molecule has 444 valence electrons. The van der Waals surface area contributed by atoms with Crippen LogP contribution in [0.25, 0.3) is 176 Å². The van der Waals surface area contributed by atoms with Crippen LogP contribution in [0, 0.1) is 0 Å². The Morgan fingerprint density at radius 2 is 0.453 bits per heavy atom. The summed E-state index contributed by atoms with van der Waals surface area (Å²) >= 11 is 0. The van der Waals surface area contributed by atoms with Crippen molar-refractivity contribution < 1.29 is 4.42 Å². The minimum Gasteiger partial charge on any atom is -0.455 e. The van der Waals surface area contributed by atoms with Crippen molar-refractivity contribution in [2.24, 2.45) is 0 Å². The normalized spacial score (nSPS) is 11.8. The van der Waals surface area contributed by atoms with Gasteiger partial charge in [0.1, 0.15) is 11.2 Å². The SMILES string of the molecule is c1ccc(-c2ccc(-n3c4ccccc4c4cc(-c5ccc6c(c5)c5ccccc5n6-c5ccccc5)ccc43)cc2)cc1.c1ccc(-n2c3ccccc3c3cc(-c4ccc5c(c4)c4ccccc4n5-c4ccc(-c5cccc6c5oc5ccccc56)cc4)ccc32)cc1. The van der Waals surface area contributed by atoms with E-state index in [9.17, 15) is 0 Å². The first-order chi connectivity index (χ1) is 47.1. The van der Waals surface area contributed by atoms with Crippen molar-refractivity contribution in [2.45, 2.75) is 0 Å². The molecule has 5 heterocycles. The smallest absolute Gasteiger partial charge is 0.143 e. The number of hydrogen-bond donors (Lipinski definition) is 0. The van der Waals surface area contributed by atoms with Gasteiger partial charge in [0.05, 0.1) is 44.1 Å². The molecule has 0 spiro atoms. The fourth-order valence-corrected chi connectivity index (χ4v) is 15.1. The van der Waals surface area contributed by atoms with Gasteiger partial charge in [-0.1, -0.05) is 224 Å². The topological polar surface area (TPSA) is 32.9 Å². The molecule has 0 unspecified atom stereocenters. The van der Waals surface area contributed by atoms with Gasteiger partial charge in [0.15, 0.2) is 0 Å². The van der Waals surface area contributed by atoms with Crippen molar-refractivity contribution in [3.8, 4) is 67.3 Å². The van der Waals surface area contributed by atoms with Gasteiger partial charge in [0, 0.05) is 82.2 Å². The number of aromatic nitrogens is 4. The van der Waals surface area contributed by atoms with E-state index in [4.69, 9.17) is 4.42 Å². The Morgan fingerprint density at radius 1 is 0.168 bits per heavy atom. The molecular formula is C90H58N4O. The van der Waals surface area contributed by atoms with Crippen LogP contribution in [0.4, 0.5) is 0 Å². The zero-order chi connectivity index (χ0) is 62.5. The zero-order valence-corrected chi connectivity index (χ0v) is 51.7. The Bertz CT molecular complexity index is 6360. The van der Waals surface area contributed by atoms with Gasteiger partial charge < -0.3 is 22.7 Å². The minimum atomic E-state index is 0.917. The third kappa shape index (κ3) is 8.85. The van der Waals surface area contributed by atoms with E-state index in [0.29, 0.717) is 0 Å². The molecule has 0 aliphatic carbocycles. The summed E-state index contributed by atoms with van der Waals surface area (Å²) < 4.78 is 15.9. The highest BCUT2D eigenvalue weighted by Gasteiger charge is 2.20. The van der Waals surface area contributed by atoms with Gasteiger partial charge >= 0.3 is 0 Å². The fraction of sp³-hybridized carbons (Fsp3) is 0. The van der Waals surface area contributed by atoms with E-state index in [-0.39, 0.29) is 0 Å². The summed E-state index contributed by atoms with van der Waals surface area (Å²) in [4.78, 5) is 0. The highest BCUT2D eigenvalue weighted by atomic mass is 16.3. The second-order valence-corrected chi connectivity index (χ2v) is 24.7. The van der Waals surface area contributed by atoms with Crippen molar-refractivity contribution in [1.82, 2.24) is 18.3 Å². The molecule has 5 aromatic heterocycles. The molecule has 0 radical (unpaired) electrons. The first-order valence-electron chi connectivity index (χ1n) is 32.5. The standard InChI is InChI=1S/C48H30N2O.C42H28N2/c1-2-11-34(12-3-1)49-43-18-7-4-13-37(43)41-29-32(23-27-45(41)49)33-24-28-46-42(30-33)38-14-5-8-19-44(38)50(46)35-25-21-31(22-26-35)36-16-10-17-40-39-15-6-9-20-47(39)51-48(36)40;1-3-11-29(12-4-1)30-19-23-34(24-20-30)44-40-18-10-8-16-36(40)38-28-32(22-26-42(38)44)31-21-25-41-37(27-31)35-15-7-9-17-39(35)43(41)33-13-5-2-6-14-33/h1-30H;1-28H. The van der Waals surface area contributed by atoms with Gasteiger partial charge in [-0.3, -0.25) is 0 Å². The lowest BCUT2D eigenvalue weighted by atomic mass is 10.0. The number of benzene rings is 15. The number of para-hydroxylation sites is 8. The molecule has 0 aliphatic rings. The molecule has 15 aromatic carbocycles. The van der Waals surface area contributed by atoms with Crippen molar-refractivity contribution in [3.05, 3.63) is 352 Å². The first-order valence-corrected chi connectivity index (χ1v) is 32.5. The number of furan rings is 1. The van der Waals surface area contributed by atoms with Gasteiger partial charge in [0.25, 0.3) is 0 Å². The Morgan fingerprint density at radius 3 is 0.853 bits per heavy atom. The number of fused-ring (bicyclic) bond motifs is 15. The summed E-state index contributed by atoms with van der Waals surface area (Å²) in [5.41, 5.74) is 25.7. The molecule has 20 aromatic rings. The van der Waals surface area contributed by atoms with Crippen LogP contribution in [0.15, 0.2) is 356 Å². The van der Waals surface area contributed by atoms with Crippen LogP contribution in [0.3, 0.4) is 0 Å². The van der Waals surface area contributed by atoms with Gasteiger partial charge in [-0.2, -0.15) is 0 Å². The van der Waals surface area contributed by atoms with Gasteiger partial charge in [0.2, 0.25) is 0 Å². The number of hydrogen-bond acceptors (Lipinski definition) is 1. The number of nitrogens with zero attached hydrogens (tertiary/aromatic N) is 4. The average Bonchev–Trinajstić information content (AvgIpc) is 1.61. The van der Waals surface area contributed by atoms with Crippen molar-refractivity contribution >= 4 is 109 Å². The van der Waals surface area contributed by atoms with Crippen LogP contribution in [0.2, 0.25) is 0 Å². The molecule has 0 N–H and O–H groups in total. The second-order valence-electron chi connectivity index (χ2n) is 24.7. The quantitative estimate of drug-likeness (QED) is 0.149. The van der Waals surface area contributed by atoms with Crippen LogP contribution in [0.1, 0.15) is 0 Å². The van der Waals surface area contributed by atoms with Gasteiger partial charge in [-0.05, 0) is 166 Å². The van der Waals surface area contributed by atoms with Crippen molar-refractivity contribution in [2.75, 3.05) is 0 Å². The zero-order valence-electron chi connectivity index (χ0n) is 51.7. The summed E-state index contributed by atoms with van der Waals surface area (Å²) in [6.07, 6.45) is 0. The van der Waals surface area contributed by atoms with Crippen LogP contribution >= 0.6 is 0 Å². The molecule has 0 amide bonds. The monoisotopic (exact) mass is 1210 g/mol. The Kier molecular flexibility index (Phi) is 12.5. The van der Waals surface area contributed by atoms with Gasteiger partial charge in [-0.25, -0.2) is 0 Å². The lowest BCUT2D eigenvalue weighted by Crippen LogP contribution is -1.94. The molecular weight excluding hydrogens is 1150 g/mol. The maximum absolute atomic E-state index is 6.36. The molecule has 95 heavy (non-hydrogen) atoms. The molecule has 5 nitrogen and oxygen atoms in total. The van der Waals surface area contributed by atoms with Crippen LogP contribution in [-0.4, -0.2) is 18.3 Å². The Labute approximate surface area is 547 Å². The second kappa shape index (κ2) is 22.0. The maximum atomic E-state index is 6.36. The van der Waals surface area contributed by atoms with Crippen LogP contribution < -0.4 is 0 Å². The molecule has 0 fully saturated rings. The van der Waals surface area contributed by atoms with E-state index in [1.807, 2.05) is 12.1 Å².